The van der Waals surface area contributed by atoms with Gasteiger partial charge in [0, 0.05) is 0 Å². The van der Waals surface area contributed by atoms with Crippen LogP contribution in [0.4, 0.5) is 0 Å². The highest BCUT2D eigenvalue weighted by Crippen LogP contribution is 2.26. The zero-order chi connectivity index (χ0) is 11.7. The maximum Gasteiger partial charge on any atom is 0.340 e. The fraction of sp³-hybridized carbons (Fsp3) is 0.222. The molecule has 0 amide bonds. The molecule has 6 heteroatoms. The second kappa shape index (κ2) is 3.56. The predicted octanol–water partition coefficient (Wildman–Crippen LogP) is 0.800. The first-order chi connectivity index (χ1) is 6.86. The van der Waals surface area contributed by atoms with Crippen molar-refractivity contribution in [3.05, 3.63) is 22.5 Å². The van der Waals surface area contributed by atoms with Crippen LogP contribution >= 0.6 is 0 Å². The summed E-state index contributed by atoms with van der Waals surface area (Å²) in [6.07, 6.45) is 0. The van der Waals surface area contributed by atoms with E-state index in [1.54, 1.807) is 0 Å². The van der Waals surface area contributed by atoms with Crippen molar-refractivity contribution in [2.45, 2.75) is 13.8 Å². The van der Waals surface area contributed by atoms with E-state index in [1.165, 1.54) is 13.8 Å². The predicted molar refractivity (Wildman–Crippen MR) is 49.3 cm³/mol. The van der Waals surface area contributed by atoms with E-state index in [9.17, 15) is 14.7 Å². The van der Waals surface area contributed by atoms with Crippen LogP contribution in [0.3, 0.4) is 0 Å². The molecule has 1 aromatic rings. The SMILES string of the molecule is Cc1nc(C)c(C(=O)O)c(C(=O)O)c1O. The summed E-state index contributed by atoms with van der Waals surface area (Å²) in [5.41, 5.74) is -0.941. The molecule has 1 heterocycles. The lowest BCUT2D eigenvalue weighted by Gasteiger charge is -2.08. The molecule has 1 aromatic heterocycles. The van der Waals surface area contributed by atoms with E-state index in [2.05, 4.69) is 4.98 Å². The molecule has 0 fully saturated rings. The van der Waals surface area contributed by atoms with Gasteiger partial charge in [0.2, 0.25) is 0 Å². The summed E-state index contributed by atoms with van der Waals surface area (Å²) in [4.78, 5) is 25.3. The third-order valence-corrected chi connectivity index (χ3v) is 1.95. The second-order valence-corrected chi connectivity index (χ2v) is 2.99. The van der Waals surface area contributed by atoms with Crippen LogP contribution in [0.1, 0.15) is 32.1 Å². The van der Waals surface area contributed by atoms with Gasteiger partial charge in [-0.05, 0) is 13.8 Å². The number of pyridine rings is 1. The molecule has 0 saturated carbocycles. The molecule has 0 aliphatic heterocycles. The normalized spacial score (nSPS) is 10.0. The first kappa shape index (κ1) is 11.0. The van der Waals surface area contributed by atoms with Crippen LogP contribution in [0.25, 0.3) is 0 Å². The Balaban J connectivity index is 3.69. The summed E-state index contributed by atoms with van der Waals surface area (Å²) in [5.74, 6) is -3.52. The van der Waals surface area contributed by atoms with Gasteiger partial charge < -0.3 is 15.3 Å². The van der Waals surface area contributed by atoms with E-state index >= 15 is 0 Å². The summed E-state index contributed by atoms with van der Waals surface area (Å²) < 4.78 is 0. The third-order valence-electron chi connectivity index (χ3n) is 1.95. The van der Waals surface area contributed by atoms with Crippen molar-refractivity contribution in [3.8, 4) is 5.75 Å². The Labute approximate surface area is 84.8 Å². The van der Waals surface area contributed by atoms with Crippen molar-refractivity contribution in [1.82, 2.24) is 4.98 Å². The van der Waals surface area contributed by atoms with Crippen LogP contribution in [0.5, 0.6) is 5.75 Å². The molecule has 0 aromatic carbocycles. The Morgan fingerprint density at radius 1 is 1.00 bits per heavy atom. The van der Waals surface area contributed by atoms with Gasteiger partial charge in [-0.3, -0.25) is 4.98 Å². The monoisotopic (exact) mass is 211 g/mol. The van der Waals surface area contributed by atoms with Crippen LogP contribution in [-0.2, 0) is 0 Å². The number of carboxylic acids is 2. The molecule has 0 spiro atoms. The first-order valence-electron chi connectivity index (χ1n) is 4.03. The molecule has 1 rings (SSSR count). The molecule has 3 N–H and O–H groups in total. The number of aromatic nitrogens is 1. The molecule has 0 aliphatic rings. The minimum absolute atomic E-state index is 0.0650. The summed E-state index contributed by atoms with van der Waals surface area (Å²) in [7, 11) is 0. The molecule has 15 heavy (non-hydrogen) atoms. The number of rotatable bonds is 2. The summed E-state index contributed by atoms with van der Waals surface area (Å²) in [5, 5.41) is 27.0. The Morgan fingerprint density at radius 3 is 1.87 bits per heavy atom. The van der Waals surface area contributed by atoms with Crippen LogP contribution < -0.4 is 0 Å². The van der Waals surface area contributed by atoms with Gasteiger partial charge in [0.1, 0.15) is 5.56 Å². The van der Waals surface area contributed by atoms with Gasteiger partial charge in [0.05, 0.1) is 17.0 Å². The van der Waals surface area contributed by atoms with Gasteiger partial charge in [-0.1, -0.05) is 0 Å². The molecule has 0 aliphatic carbocycles. The fourth-order valence-corrected chi connectivity index (χ4v) is 1.31. The number of aryl methyl sites for hydroxylation is 2. The fourth-order valence-electron chi connectivity index (χ4n) is 1.31. The minimum Gasteiger partial charge on any atom is -0.505 e. The van der Waals surface area contributed by atoms with Crippen LogP contribution in [-0.4, -0.2) is 32.2 Å². The van der Waals surface area contributed by atoms with Gasteiger partial charge in [-0.15, -0.1) is 0 Å². The van der Waals surface area contributed by atoms with E-state index in [-0.39, 0.29) is 11.4 Å². The van der Waals surface area contributed by atoms with Gasteiger partial charge in [0.25, 0.3) is 0 Å². The highest BCUT2D eigenvalue weighted by Gasteiger charge is 2.25. The third kappa shape index (κ3) is 1.74. The standard InChI is InChI=1S/C9H9NO5/c1-3-5(8(12)13)6(9(14)15)7(11)4(2)10-3/h11H,1-2H3,(H,12,13)(H,14,15). The number of hydrogen-bond donors (Lipinski definition) is 3. The molecular weight excluding hydrogens is 202 g/mol. The minimum atomic E-state index is -1.49. The average Bonchev–Trinajstić information content (AvgIpc) is 2.09. The smallest absolute Gasteiger partial charge is 0.340 e. The quantitative estimate of drug-likeness (QED) is 0.667. The van der Waals surface area contributed by atoms with E-state index in [0.29, 0.717) is 0 Å². The van der Waals surface area contributed by atoms with E-state index < -0.39 is 28.8 Å². The molecule has 0 atom stereocenters. The lowest BCUT2D eigenvalue weighted by molar-refractivity contribution is 0.0646. The Bertz CT molecular complexity index is 452. The first-order valence-corrected chi connectivity index (χ1v) is 4.03. The van der Waals surface area contributed by atoms with Crippen LogP contribution in [0.2, 0.25) is 0 Å². The van der Waals surface area contributed by atoms with Crippen molar-refractivity contribution in [1.29, 1.82) is 0 Å². The number of nitrogens with zero attached hydrogens (tertiary/aromatic N) is 1. The van der Waals surface area contributed by atoms with Gasteiger partial charge >= 0.3 is 11.9 Å². The maximum atomic E-state index is 10.8. The number of carboxylic acid groups (broad SMARTS) is 2. The summed E-state index contributed by atoms with van der Waals surface area (Å²) in [6, 6.07) is 0. The highest BCUT2D eigenvalue weighted by atomic mass is 16.4. The van der Waals surface area contributed by atoms with Crippen LogP contribution in [0.15, 0.2) is 0 Å². The van der Waals surface area contributed by atoms with Crippen molar-refractivity contribution >= 4 is 11.9 Å². The Kier molecular flexibility index (Phi) is 2.61. The maximum absolute atomic E-state index is 10.8. The molecule has 80 valence electrons. The molecule has 0 bridgehead atoms. The van der Waals surface area contributed by atoms with Crippen molar-refractivity contribution in [2.24, 2.45) is 0 Å². The summed E-state index contributed by atoms with van der Waals surface area (Å²) in [6.45, 7) is 2.78. The highest BCUT2D eigenvalue weighted by molar-refractivity contribution is 6.04. The van der Waals surface area contributed by atoms with E-state index in [1.807, 2.05) is 0 Å². The molecule has 6 nitrogen and oxygen atoms in total. The largest absolute Gasteiger partial charge is 0.505 e. The molecular formula is C9H9NO5. The second-order valence-electron chi connectivity index (χ2n) is 2.99. The average molecular weight is 211 g/mol. The summed E-state index contributed by atoms with van der Waals surface area (Å²) >= 11 is 0. The molecule has 0 radical (unpaired) electrons. The van der Waals surface area contributed by atoms with Crippen molar-refractivity contribution < 1.29 is 24.9 Å². The van der Waals surface area contributed by atoms with Crippen molar-refractivity contribution in [3.63, 3.8) is 0 Å². The van der Waals surface area contributed by atoms with Crippen LogP contribution in [0, 0.1) is 13.8 Å². The lowest BCUT2D eigenvalue weighted by Crippen LogP contribution is -2.13. The van der Waals surface area contributed by atoms with Crippen molar-refractivity contribution in [2.75, 3.05) is 0 Å². The van der Waals surface area contributed by atoms with Gasteiger partial charge in [-0.25, -0.2) is 9.59 Å². The molecule has 0 unspecified atom stereocenters. The number of aromatic hydroxyl groups is 1. The topological polar surface area (TPSA) is 108 Å². The Hall–Kier alpha value is -2.11. The zero-order valence-electron chi connectivity index (χ0n) is 8.11. The lowest BCUT2D eigenvalue weighted by atomic mass is 10.0. The number of aromatic carboxylic acids is 2. The Morgan fingerprint density at radius 2 is 1.47 bits per heavy atom. The zero-order valence-corrected chi connectivity index (χ0v) is 8.11. The van der Waals surface area contributed by atoms with E-state index in [0.717, 1.165) is 0 Å². The molecule has 0 saturated heterocycles. The van der Waals surface area contributed by atoms with E-state index in [4.69, 9.17) is 10.2 Å². The number of hydrogen-bond acceptors (Lipinski definition) is 4. The van der Waals surface area contributed by atoms with Gasteiger partial charge in [0.15, 0.2) is 5.75 Å². The van der Waals surface area contributed by atoms with Gasteiger partial charge in [-0.2, -0.15) is 0 Å². The number of carbonyl (C=O) groups is 2.